The Morgan fingerprint density at radius 2 is 2.20 bits per heavy atom. The van der Waals surface area contributed by atoms with Gasteiger partial charge in [0.1, 0.15) is 11.6 Å². The summed E-state index contributed by atoms with van der Waals surface area (Å²) < 4.78 is 5.19. The van der Waals surface area contributed by atoms with E-state index in [9.17, 15) is 14.9 Å². The van der Waals surface area contributed by atoms with Crippen molar-refractivity contribution in [2.45, 2.75) is 5.92 Å². The Labute approximate surface area is 116 Å². The maximum Gasteiger partial charge on any atom is 0.328 e. The van der Waals surface area contributed by atoms with Crippen LogP contribution in [0.25, 0.3) is 0 Å². The molecule has 1 aliphatic heterocycles. The lowest BCUT2D eigenvalue weighted by Crippen LogP contribution is -2.33. The van der Waals surface area contributed by atoms with Gasteiger partial charge in [-0.1, -0.05) is 6.07 Å². The van der Waals surface area contributed by atoms with E-state index in [0.29, 0.717) is 0 Å². The predicted molar refractivity (Wildman–Crippen MR) is 71.3 cm³/mol. The molecule has 0 saturated carbocycles. The summed E-state index contributed by atoms with van der Waals surface area (Å²) in [6, 6.07) is 5.56. The maximum absolute atomic E-state index is 12.0. The number of hydrogen-bond acceptors (Lipinski definition) is 6. The minimum Gasteiger partial charge on any atom is -0.424 e. The molecular weight excluding hydrogens is 280 g/mol. The van der Waals surface area contributed by atoms with Crippen molar-refractivity contribution in [3.8, 4) is 11.9 Å². The van der Waals surface area contributed by atoms with Crippen molar-refractivity contribution in [1.29, 1.82) is 5.26 Å². The Balaban J connectivity index is 2.35. The van der Waals surface area contributed by atoms with Crippen LogP contribution in [0.4, 0.5) is 0 Å². The number of nitriles is 1. The third kappa shape index (κ3) is 1.72. The zero-order valence-electron chi connectivity index (χ0n) is 9.97. The van der Waals surface area contributed by atoms with Crippen LogP contribution in [0.5, 0.6) is 5.88 Å². The largest absolute Gasteiger partial charge is 0.424 e. The van der Waals surface area contributed by atoms with E-state index in [-0.39, 0.29) is 22.9 Å². The number of hydrogen-bond donors (Lipinski definition) is 3. The number of aromatic amines is 2. The van der Waals surface area contributed by atoms with Crippen molar-refractivity contribution >= 4 is 11.3 Å². The number of nitrogens with two attached hydrogens (primary N) is 1. The lowest BCUT2D eigenvalue weighted by atomic mass is 9.90. The molecule has 100 valence electrons. The number of nitrogens with one attached hydrogen (secondary N) is 2. The van der Waals surface area contributed by atoms with Crippen LogP contribution >= 0.6 is 11.3 Å². The molecule has 0 aliphatic carbocycles. The van der Waals surface area contributed by atoms with Crippen LogP contribution in [0.2, 0.25) is 0 Å². The number of aromatic nitrogens is 2. The summed E-state index contributed by atoms with van der Waals surface area (Å²) in [7, 11) is 0. The van der Waals surface area contributed by atoms with Crippen LogP contribution in [0.1, 0.15) is 16.4 Å². The number of fused-ring (bicyclic) bond motifs is 1. The van der Waals surface area contributed by atoms with Gasteiger partial charge in [-0.15, -0.1) is 11.3 Å². The van der Waals surface area contributed by atoms with E-state index in [0.717, 1.165) is 4.88 Å². The topological polar surface area (TPSA) is 125 Å². The highest BCUT2D eigenvalue weighted by molar-refractivity contribution is 7.10. The van der Waals surface area contributed by atoms with Crippen molar-refractivity contribution in [2.24, 2.45) is 5.73 Å². The highest BCUT2D eigenvalue weighted by atomic mass is 32.1. The number of rotatable bonds is 1. The van der Waals surface area contributed by atoms with Gasteiger partial charge in [0.15, 0.2) is 0 Å². The smallest absolute Gasteiger partial charge is 0.328 e. The molecule has 0 radical (unpaired) electrons. The van der Waals surface area contributed by atoms with Crippen molar-refractivity contribution < 1.29 is 4.74 Å². The Morgan fingerprint density at radius 3 is 2.85 bits per heavy atom. The molecule has 7 nitrogen and oxygen atoms in total. The highest BCUT2D eigenvalue weighted by Crippen LogP contribution is 2.39. The summed E-state index contributed by atoms with van der Waals surface area (Å²) in [6.07, 6.45) is 0. The second-order valence-electron chi connectivity index (χ2n) is 4.09. The van der Waals surface area contributed by atoms with Gasteiger partial charge in [0.05, 0.1) is 11.5 Å². The Kier molecular flexibility index (Phi) is 2.69. The van der Waals surface area contributed by atoms with Crippen molar-refractivity contribution in [3.63, 3.8) is 0 Å². The normalized spacial score (nSPS) is 17.2. The lowest BCUT2D eigenvalue weighted by molar-refractivity contribution is 0.374. The first-order valence-electron chi connectivity index (χ1n) is 5.59. The average Bonchev–Trinajstić information content (AvgIpc) is 2.90. The molecule has 4 N–H and O–H groups in total. The van der Waals surface area contributed by atoms with E-state index in [1.165, 1.54) is 11.3 Å². The number of ether oxygens (including phenoxy) is 1. The van der Waals surface area contributed by atoms with E-state index < -0.39 is 17.2 Å². The van der Waals surface area contributed by atoms with Gasteiger partial charge in [-0.2, -0.15) is 5.26 Å². The van der Waals surface area contributed by atoms with Gasteiger partial charge in [-0.3, -0.25) is 14.8 Å². The van der Waals surface area contributed by atoms with Crippen LogP contribution in [0, 0.1) is 11.3 Å². The van der Waals surface area contributed by atoms with Crippen LogP contribution < -0.4 is 21.7 Å². The SMILES string of the molecule is N#CC1=C(N)Oc2[nH]c(=O)[nH]c(=O)c2[C@H]1c1cccs1. The number of nitrogens with zero attached hydrogens (tertiary/aromatic N) is 1. The van der Waals surface area contributed by atoms with Crippen LogP contribution in [0.3, 0.4) is 0 Å². The lowest BCUT2D eigenvalue weighted by Gasteiger charge is -2.23. The van der Waals surface area contributed by atoms with Gasteiger partial charge in [0.2, 0.25) is 11.8 Å². The second kappa shape index (κ2) is 4.40. The molecule has 3 heterocycles. The molecule has 0 fully saturated rings. The Hall–Kier alpha value is -2.79. The maximum atomic E-state index is 12.0. The van der Waals surface area contributed by atoms with Gasteiger partial charge in [0, 0.05) is 4.88 Å². The zero-order valence-corrected chi connectivity index (χ0v) is 10.8. The second-order valence-corrected chi connectivity index (χ2v) is 5.07. The fraction of sp³-hybridized carbons (Fsp3) is 0.0833. The molecule has 0 spiro atoms. The standard InChI is InChI=1S/C12H8N4O3S/c13-4-5-7(6-2-1-3-20-6)8-10(17)15-12(18)16-11(8)19-9(5)14/h1-3,7H,14H2,(H2,15,16,17,18)/t7-/m1/s1. The summed E-state index contributed by atoms with van der Waals surface area (Å²) in [4.78, 5) is 28.6. The summed E-state index contributed by atoms with van der Waals surface area (Å²) in [5, 5.41) is 11.1. The molecule has 8 heteroatoms. The fourth-order valence-corrected chi connectivity index (χ4v) is 2.97. The van der Waals surface area contributed by atoms with Crippen molar-refractivity contribution in [3.05, 3.63) is 60.2 Å². The molecular formula is C12H8N4O3S. The molecule has 0 saturated heterocycles. The quantitative estimate of drug-likeness (QED) is 0.698. The van der Waals surface area contributed by atoms with Gasteiger partial charge in [-0.25, -0.2) is 4.79 Å². The van der Waals surface area contributed by atoms with Gasteiger partial charge >= 0.3 is 5.69 Å². The molecule has 0 amide bonds. The van der Waals surface area contributed by atoms with Gasteiger partial charge in [0.25, 0.3) is 5.56 Å². The van der Waals surface area contributed by atoms with E-state index in [4.69, 9.17) is 10.5 Å². The van der Waals surface area contributed by atoms with E-state index in [2.05, 4.69) is 9.97 Å². The van der Waals surface area contributed by atoms with Crippen molar-refractivity contribution in [1.82, 2.24) is 9.97 Å². The Bertz CT molecular complexity index is 854. The van der Waals surface area contributed by atoms with Crippen LogP contribution in [-0.4, -0.2) is 9.97 Å². The first-order valence-corrected chi connectivity index (χ1v) is 6.47. The molecule has 1 atom stereocenters. The Morgan fingerprint density at radius 1 is 1.40 bits per heavy atom. The first kappa shape index (κ1) is 12.3. The third-order valence-corrected chi connectivity index (χ3v) is 3.88. The summed E-state index contributed by atoms with van der Waals surface area (Å²) in [5.41, 5.74) is 4.75. The average molecular weight is 288 g/mol. The minimum atomic E-state index is -0.688. The predicted octanol–water partition coefficient (Wildman–Crippen LogP) is 0.343. The highest BCUT2D eigenvalue weighted by Gasteiger charge is 2.34. The van der Waals surface area contributed by atoms with E-state index in [1.807, 2.05) is 11.4 Å². The molecule has 1 aliphatic rings. The molecule has 0 bridgehead atoms. The fourth-order valence-electron chi connectivity index (χ4n) is 2.13. The molecule has 3 rings (SSSR count). The molecule has 2 aromatic heterocycles. The minimum absolute atomic E-state index is 0.0198. The number of allylic oxidation sites excluding steroid dienone is 1. The molecule has 0 unspecified atom stereocenters. The van der Waals surface area contributed by atoms with Gasteiger partial charge < -0.3 is 10.5 Å². The molecule has 2 aromatic rings. The van der Waals surface area contributed by atoms with Gasteiger partial charge in [-0.05, 0) is 11.4 Å². The molecule has 0 aromatic carbocycles. The van der Waals surface area contributed by atoms with Crippen molar-refractivity contribution in [2.75, 3.05) is 0 Å². The third-order valence-electron chi connectivity index (χ3n) is 2.95. The summed E-state index contributed by atoms with van der Waals surface area (Å²) in [6.45, 7) is 0. The summed E-state index contributed by atoms with van der Waals surface area (Å²) >= 11 is 1.39. The monoisotopic (exact) mass is 288 g/mol. The van der Waals surface area contributed by atoms with E-state index in [1.54, 1.807) is 12.1 Å². The van der Waals surface area contributed by atoms with Crippen LogP contribution in [-0.2, 0) is 0 Å². The zero-order chi connectivity index (χ0) is 14.3. The number of H-pyrrole nitrogens is 2. The first-order chi connectivity index (χ1) is 9.61. The summed E-state index contributed by atoms with van der Waals surface area (Å²) in [5.74, 6) is -0.766. The molecule has 20 heavy (non-hydrogen) atoms. The number of thiophene rings is 1. The van der Waals surface area contributed by atoms with Crippen LogP contribution in [0.15, 0.2) is 38.6 Å². The van der Waals surface area contributed by atoms with E-state index >= 15 is 0 Å².